The maximum atomic E-state index is 13.6. The minimum atomic E-state index is -0.0980. The number of ether oxygens (including phenoxy) is 3. The average Bonchev–Trinajstić information content (AvgIpc) is 3.52. The molecule has 0 saturated heterocycles. The van der Waals surface area contributed by atoms with Gasteiger partial charge in [-0.3, -0.25) is 4.79 Å². The number of furan rings is 1. The van der Waals surface area contributed by atoms with Crippen molar-refractivity contribution in [3.63, 3.8) is 0 Å². The molecule has 0 fully saturated rings. The number of fused-ring (bicyclic) bond motifs is 1. The first-order valence-electron chi connectivity index (χ1n) is 9.69. The summed E-state index contributed by atoms with van der Waals surface area (Å²) >= 11 is 1.62. The van der Waals surface area contributed by atoms with Gasteiger partial charge in [0.2, 0.25) is 5.75 Å². The zero-order valence-corrected chi connectivity index (χ0v) is 18.7. The van der Waals surface area contributed by atoms with Crippen LogP contribution in [0.4, 0.5) is 0 Å². The Morgan fingerprint density at radius 2 is 1.87 bits per heavy atom. The number of hydrogen-bond acceptors (Lipinski definition) is 6. The molecule has 0 N–H and O–H groups in total. The van der Waals surface area contributed by atoms with Gasteiger partial charge in [0.05, 0.1) is 50.9 Å². The summed E-state index contributed by atoms with van der Waals surface area (Å²) in [5, 5.41) is 2.02. The number of aryl methyl sites for hydroxylation is 1. The van der Waals surface area contributed by atoms with Crippen molar-refractivity contribution < 1.29 is 23.4 Å². The number of methoxy groups -OCH3 is 3. The van der Waals surface area contributed by atoms with Crippen molar-refractivity contribution in [3.8, 4) is 17.2 Å². The van der Waals surface area contributed by atoms with Crippen LogP contribution in [0.2, 0.25) is 0 Å². The van der Waals surface area contributed by atoms with Gasteiger partial charge in [0.25, 0.3) is 5.91 Å². The van der Waals surface area contributed by atoms with Crippen molar-refractivity contribution in [2.24, 2.45) is 7.05 Å². The van der Waals surface area contributed by atoms with Crippen LogP contribution in [-0.4, -0.2) is 36.7 Å². The molecule has 0 aliphatic carbocycles. The summed E-state index contributed by atoms with van der Waals surface area (Å²) in [7, 11) is 6.62. The fraction of sp³-hybridized carbons (Fsp3) is 0.261. The van der Waals surface area contributed by atoms with Gasteiger partial charge in [-0.1, -0.05) is 0 Å². The molecule has 3 aromatic heterocycles. The van der Waals surface area contributed by atoms with Crippen LogP contribution in [0.3, 0.4) is 0 Å². The Morgan fingerprint density at radius 3 is 2.52 bits per heavy atom. The Labute approximate surface area is 184 Å². The Bertz CT molecular complexity index is 1190. The van der Waals surface area contributed by atoms with Crippen molar-refractivity contribution >= 4 is 27.5 Å². The van der Waals surface area contributed by atoms with E-state index in [4.69, 9.17) is 18.6 Å². The summed E-state index contributed by atoms with van der Waals surface area (Å²) in [6.45, 7) is 0.629. The van der Waals surface area contributed by atoms with Crippen LogP contribution < -0.4 is 14.2 Å². The number of aromatic nitrogens is 1. The SMILES string of the molecule is COc1ccc(CN(Cc2ccco2)C(=O)c2cc3sccc3n2C)c(OC)c1OC. The second kappa shape index (κ2) is 8.77. The smallest absolute Gasteiger partial charge is 0.271 e. The van der Waals surface area contributed by atoms with Crippen molar-refractivity contribution in [1.82, 2.24) is 9.47 Å². The Balaban J connectivity index is 1.73. The summed E-state index contributed by atoms with van der Waals surface area (Å²) in [6.07, 6.45) is 1.60. The van der Waals surface area contributed by atoms with E-state index >= 15 is 0 Å². The van der Waals surface area contributed by atoms with E-state index in [1.165, 1.54) is 0 Å². The third-order valence-corrected chi connectivity index (χ3v) is 6.10. The normalized spacial score (nSPS) is 11.0. The lowest BCUT2D eigenvalue weighted by Gasteiger charge is -2.24. The molecule has 3 heterocycles. The second-order valence-corrected chi connectivity index (χ2v) is 7.94. The molecule has 0 atom stereocenters. The summed E-state index contributed by atoms with van der Waals surface area (Å²) in [5.74, 6) is 2.19. The number of benzene rings is 1. The Kier molecular flexibility index (Phi) is 5.90. The van der Waals surface area contributed by atoms with E-state index < -0.39 is 0 Å². The van der Waals surface area contributed by atoms with Crippen molar-refractivity contribution in [2.45, 2.75) is 13.1 Å². The number of thiophene rings is 1. The first kappa shape index (κ1) is 20.9. The maximum Gasteiger partial charge on any atom is 0.271 e. The summed E-state index contributed by atoms with van der Waals surface area (Å²) in [4.78, 5) is 15.3. The predicted octanol–water partition coefficient (Wildman–Crippen LogP) is 4.70. The van der Waals surface area contributed by atoms with Gasteiger partial charge < -0.3 is 28.1 Å². The van der Waals surface area contributed by atoms with Gasteiger partial charge in [-0.05, 0) is 41.8 Å². The van der Waals surface area contributed by atoms with Crippen LogP contribution in [-0.2, 0) is 20.1 Å². The maximum absolute atomic E-state index is 13.6. The van der Waals surface area contributed by atoms with Crippen LogP contribution in [0.5, 0.6) is 17.2 Å². The van der Waals surface area contributed by atoms with Crippen molar-refractivity contribution in [3.05, 3.63) is 65.1 Å². The fourth-order valence-corrected chi connectivity index (χ4v) is 4.55. The number of carbonyl (C=O) groups excluding carboxylic acids is 1. The second-order valence-electron chi connectivity index (χ2n) is 6.99. The molecule has 0 bridgehead atoms. The molecule has 4 rings (SSSR count). The van der Waals surface area contributed by atoms with Crippen LogP contribution in [0.25, 0.3) is 10.2 Å². The van der Waals surface area contributed by atoms with E-state index in [0.717, 1.165) is 15.8 Å². The van der Waals surface area contributed by atoms with Gasteiger partial charge in [-0.15, -0.1) is 11.3 Å². The number of nitrogens with zero attached hydrogens (tertiary/aromatic N) is 2. The molecule has 8 heteroatoms. The van der Waals surface area contributed by atoms with Crippen molar-refractivity contribution in [1.29, 1.82) is 0 Å². The molecule has 7 nitrogen and oxygen atoms in total. The molecule has 1 amide bonds. The molecule has 0 spiro atoms. The summed E-state index contributed by atoms with van der Waals surface area (Å²) in [6, 6.07) is 11.3. The first-order chi connectivity index (χ1) is 15.1. The van der Waals surface area contributed by atoms with Gasteiger partial charge in [0, 0.05) is 12.6 Å². The standard InChI is InChI=1S/C23H24N2O5S/c1-24-17-9-11-31-20(17)12-18(24)23(26)25(14-16-6-5-10-30-16)13-15-7-8-19(27-2)22(29-4)21(15)28-3/h5-12H,13-14H2,1-4H3. The van der Waals surface area contributed by atoms with E-state index in [1.807, 2.05) is 53.4 Å². The number of rotatable bonds is 8. The number of hydrogen-bond donors (Lipinski definition) is 0. The van der Waals surface area contributed by atoms with Gasteiger partial charge in [-0.2, -0.15) is 0 Å². The van der Waals surface area contributed by atoms with Gasteiger partial charge >= 0.3 is 0 Å². The van der Waals surface area contributed by atoms with E-state index in [2.05, 4.69) is 0 Å². The van der Waals surface area contributed by atoms with E-state index in [1.54, 1.807) is 43.8 Å². The minimum Gasteiger partial charge on any atom is -0.493 e. The highest BCUT2D eigenvalue weighted by molar-refractivity contribution is 7.17. The molecule has 4 aromatic rings. The summed E-state index contributed by atoms with van der Waals surface area (Å²) < 4.78 is 25.0. The molecule has 1 aromatic carbocycles. The molecular weight excluding hydrogens is 416 g/mol. The van der Waals surface area contributed by atoms with Gasteiger partial charge in [0.1, 0.15) is 11.5 Å². The lowest BCUT2D eigenvalue weighted by Crippen LogP contribution is -2.31. The van der Waals surface area contributed by atoms with Crippen LogP contribution in [0.15, 0.2) is 52.5 Å². The summed E-state index contributed by atoms with van der Waals surface area (Å²) in [5.41, 5.74) is 2.46. The van der Waals surface area contributed by atoms with Crippen LogP contribution in [0.1, 0.15) is 21.8 Å². The quantitative estimate of drug-likeness (QED) is 0.397. The largest absolute Gasteiger partial charge is 0.493 e. The molecule has 0 radical (unpaired) electrons. The lowest BCUT2D eigenvalue weighted by molar-refractivity contribution is 0.0707. The average molecular weight is 441 g/mol. The molecule has 0 aliphatic rings. The minimum absolute atomic E-state index is 0.0980. The Hall–Kier alpha value is -3.39. The van der Waals surface area contributed by atoms with E-state index in [0.29, 0.717) is 41.8 Å². The number of amides is 1. The first-order valence-corrected chi connectivity index (χ1v) is 10.6. The highest BCUT2D eigenvalue weighted by Crippen LogP contribution is 2.40. The zero-order chi connectivity index (χ0) is 22.0. The van der Waals surface area contributed by atoms with Crippen LogP contribution in [0, 0.1) is 0 Å². The Morgan fingerprint density at radius 1 is 1.06 bits per heavy atom. The fourth-order valence-electron chi connectivity index (χ4n) is 3.70. The molecule has 0 unspecified atom stereocenters. The van der Waals surface area contributed by atoms with E-state index in [-0.39, 0.29) is 5.91 Å². The topological polar surface area (TPSA) is 66.1 Å². The van der Waals surface area contributed by atoms with Crippen LogP contribution >= 0.6 is 11.3 Å². The van der Waals surface area contributed by atoms with Gasteiger partial charge in [-0.25, -0.2) is 0 Å². The van der Waals surface area contributed by atoms with Crippen molar-refractivity contribution in [2.75, 3.05) is 21.3 Å². The third kappa shape index (κ3) is 3.86. The molecule has 162 valence electrons. The molecule has 0 aliphatic heterocycles. The molecule has 0 saturated carbocycles. The zero-order valence-electron chi connectivity index (χ0n) is 17.9. The number of carbonyl (C=O) groups is 1. The highest BCUT2D eigenvalue weighted by Gasteiger charge is 2.25. The monoisotopic (exact) mass is 440 g/mol. The molecular formula is C23H24N2O5S. The third-order valence-electron chi connectivity index (χ3n) is 5.24. The lowest BCUT2D eigenvalue weighted by atomic mass is 10.1. The van der Waals surface area contributed by atoms with Gasteiger partial charge in [0.15, 0.2) is 11.5 Å². The highest BCUT2D eigenvalue weighted by atomic mass is 32.1. The molecule has 31 heavy (non-hydrogen) atoms. The predicted molar refractivity (Wildman–Crippen MR) is 119 cm³/mol. The van der Waals surface area contributed by atoms with E-state index in [9.17, 15) is 4.79 Å².